The predicted molar refractivity (Wildman–Crippen MR) is 67.5 cm³/mol. The molecule has 0 aromatic carbocycles. The average Bonchev–Trinajstić information content (AvgIpc) is 2.31. The van der Waals surface area contributed by atoms with Crippen LogP contribution < -0.4 is 11.1 Å². The molecule has 1 aliphatic rings. The molecule has 0 saturated heterocycles. The Hall–Kier alpha value is -1.60. The van der Waals surface area contributed by atoms with E-state index in [-0.39, 0.29) is 12.1 Å². The third-order valence-electron chi connectivity index (χ3n) is 3.24. The molecular formula is C13H18N4. The van der Waals surface area contributed by atoms with Gasteiger partial charge in [0.1, 0.15) is 5.82 Å². The van der Waals surface area contributed by atoms with Gasteiger partial charge in [0.15, 0.2) is 0 Å². The Balaban J connectivity index is 2.12. The fraction of sp³-hybridized carbons (Fsp3) is 0.538. The molecule has 17 heavy (non-hydrogen) atoms. The Labute approximate surface area is 102 Å². The SMILES string of the molecule is Cc1cc(C#N)cc(NC2CCCCC2N)n1. The molecule has 0 amide bonds. The van der Waals surface area contributed by atoms with E-state index >= 15 is 0 Å². The van der Waals surface area contributed by atoms with Crippen LogP contribution >= 0.6 is 0 Å². The minimum Gasteiger partial charge on any atom is -0.366 e. The van der Waals surface area contributed by atoms with E-state index in [4.69, 9.17) is 11.0 Å². The van der Waals surface area contributed by atoms with Crippen LogP contribution in [0.1, 0.15) is 36.9 Å². The third kappa shape index (κ3) is 2.95. The Morgan fingerprint density at radius 2 is 2.18 bits per heavy atom. The first kappa shape index (κ1) is 11.9. The maximum absolute atomic E-state index is 8.91. The van der Waals surface area contributed by atoms with Crippen molar-refractivity contribution >= 4 is 5.82 Å². The molecule has 2 unspecified atom stereocenters. The van der Waals surface area contributed by atoms with Crippen LogP contribution in [0, 0.1) is 18.3 Å². The highest BCUT2D eigenvalue weighted by atomic mass is 15.0. The van der Waals surface area contributed by atoms with E-state index in [9.17, 15) is 0 Å². The van der Waals surface area contributed by atoms with Gasteiger partial charge in [-0.25, -0.2) is 4.98 Å². The topological polar surface area (TPSA) is 74.7 Å². The van der Waals surface area contributed by atoms with Crippen molar-refractivity contribution in [3.05, 3.63) is 23.4 Å². The molecule has 0 bridgehead atoms. The fourth-order valence-electron chi connectivity index (χ4n) is 2.34. The van der Waals surface area contributed by atoms with Gasteiger partial charge in [0.05, 0.1) is 11.6 Å². The molecule has 1 aromatic rings. The lowest BCUT2D eigenvalue weighted by molar-refractivity contribution is 0.403. The molecule has 3 N–H and O–H groups in total. The lowest BCUT2D eigenvalue weighted by Crippen LogP contribution is -2.42. The molecule has 0 radical (unpaired) electrons. The summed E-state index contributed by atoms with van der Waals surface area (Å²) in [4.78, 5) is 4.39. The summed E-state index contributed by atoms with van der Waals surface area (Å²) in [5, 5.41) is 12.3. The van der Waals surface area contributed by atoms with Crippen LogP contribution in [0.3, 0.4) is 0 Å². The van der Waals surface area contributed by atoms with E-state index in [1.54, 1.807) is 12.1 Å². The first-order valence-electron chi connectivity index (χ1n) is 6.10. The molecule has 1 heterocycles. The van der Waals surface area contributed by atoms with Crippen molar-refractivity contribution in [2.45, 2.75) is 44.7 Å². The van der Waals surface area contributed by atoms with E-state index in [1.165, 1.54) is 12.8 Å². The molecule has 1 saturated carbocycles. The largest absolute Gasteiger partial charge is 0.366 e. The van der Waals surface area contributed by atoms with Crippen molar-refractivity contribution in [1.29, 1.82) is 5.26 Å². The number of aromatic nitrogens is 1. The Morgan fingerprint density at radius 1 is 1.41 bits per heavy atom. The number of aryl methyl sites for hydroxylation is 1. The summed E-state index contributed by atoms with van der Waals surface area (Å²) in [5.74, 6) is 0.768. The van der Waals surface area contributed by atoms with E-state index in [0.29, 0.717) is 5.56 Å². The number of pyridine rings is 1. The smallest absolute Gasteiger partial charge is 0.127 e. The molecule has 1 aliphatic carbocycles. The van der Waals surface area contributed by atoms with Crippen molar-refractivity contribution < 1.29 is 0 Å². The van der Waals surface area contributed by atoms with Crippen LogP contribution in [0.25, 0.3) is 0 Å². The molecule has 0 spiro atoms. The second-order valence-electron chi connectivity index (χ2n) is 4.69. The van der Waals surface area contributed by atoms with Crippen LogP contribution in [0.2, 0.25) is 0 Å². The number of nitrogens with two attached hydrogens (primary N) is 1. The monoisotopic (exact) mass is 230 g/mol. The van der Waals surface area contributed by atoms with Gasteiger partial charge < -0.3 is 11.1 Å². The minimum absolute atomic E-state index is 0.191. The summed E-state index contributed by atoms with van der Waals surface area (Å²) in [6.45, 7) is 1.90. The molecule has 1 aromatic heterocycles. The molecule has 1 fully saturated rings. The Morgan fingerprint density at radius 3 is 2.88 bits per heavy atom. The molecule has 90 valence electrons. The van der Waals surface area contributed by atoms with E-state index in [2.05, 4.69) is 16.4 Å². The van der Waals surface area contributed by atoms with Gasteiger partial charge in [0, 0.05) is 17.8 Å². The first-order valence-corrected chi connectivity index (χ1v) is 6.10. The molecule has 4 nitrogen and oxygen atoms in total. The number of nitriles is 1. The summed E-state index contributed by atoms with van der Waals surface area (Å²) in [7, 11) is 0. The lowest BCUT2D eigenvalue weighted by Gasteiger charge is -2.29. The van der Waals surface area contributed by atoms with Gasteiger partial charge in [0.25, 0.3) is 0 Å². The normalized spacial score (nSPS) is 24.1. The van der Waals surface area contributed by atoms with Crippen LogP contribution in [0.4, 0.5) is 5.82 Å². The Bertz CT molecular complexity index is 436. The van der Waals surface area contributed by atoms with Crippen LogP contribution in [0.15, 0.2) is 12.1 Å². The highest BCUT2D eigenvalue weighted by Crippen LogP contribution is 2.20. The predicted octanol–water partition coefficient (Wildman–Crippen LogP) is 1.94. The molecule has 2 rings (SSSR count). The van der Waals surface area contributed by atoms with Gasteiger partial charge in [-0.2, -0.15) is 5.26 Å². The van der Waals surface area contributed by atoms with Gasteiger partial charge in [-0.05, 0) is 31.9 Å². The van der Waals surface area contributed by atoms with E-state index < -0.39 is 0 Å². The van der Waals surface area contributed by atoms with Crippen molar-refractivity contribution in [3.8, 4) is 6.07 Å². The fourth-order valence-corrected chi connectivity index (χ4v) is 2.34. The summed E-state index contributed by atoms with van der Waals surface area (Å²) in [6.07, 6.45) is 4.57. The summed E-state index contributed by atoms with van der Waals surface area (Å²) in [5.41, 5.74) is 7.58. The van der Waals surface area contributed by atoms with Crippen molar-refractivity contribution in [2.75, 3.05) is 5.32 Å². The van der Waals surface area contributed by atoms with Gasteiger partial charge in [-0.15, -0.1) is 0 Å². The summed E-state index contributed by atoms with van der Waals surface area (Å²) >= 11 is 0. The molecular weight excluding hydrogens is 212 g/mol. The third-order valence-corrected chi connectivity index (χ3v) is 3.24. The number of hydrogen-bond acceptors (Lipinski definition) is 4. The second-order valence-corrected chi connectivity index (χ2v) is 4.69. The zero-order valence-corrected chi connectivity index (χ0v) is 10.1. The quantitative estimate of drug-likeness (QED) is 0.814. The van der Waals surface area contributed by atoms with Crippen LogP contribution in [-0.4, -0.2) is 17.1 Å². The summed E-state index contributed by atoms with van der Waals surface area (Å²) < 4.78 is 0. The maximum atomic E-state index is 8.91. The molecule has 4 heteroatoms. The van der Waals surface area contributed by atoms with Gasteiger partial charge >= 0.3 is 0 Å². The van der Waals surface area contributed by atoms with Gasteiger partial charge in [-0.1, -0.05) is 12.8 Å². The van der Waals surface area contributed by atoms with Crippen molar-refractivity contribution in [2.24, 2.45) is 5.73 Å². The van der Waals surface area contributed by atoms with Gasteiger partial charge in [0.2, 0.25) is 0 Å². The van der Waals surface area contributed by atoms with Crippen LogP contribution in [-0.2, 0) is 0 Å². The van der Waals surface area contributed by atoms with Crippen LogP contribution in [0.5, 0.6) is 0 Å². The highest BCUT2D eigenvalue weighted by molar-refractivity contribution is 5.45. The standard InChI is InChI=1S/C13H18N4/c1-9-6-10(8-14)7-13(16-9)17-12-5-3-2-4-11(12)15/h6-7,11-12H,2-5,15H2,1H3,(H,16,17). The number of rotatable bonds is 2. The number of nitrogens with zero attached hydrogens (tertiary/aromatic N) is 2. The molecule has 0 aliphatic heterocycles. The maximum Gasteiger partial charge on any atom is 0.127 e. The number of nitrogens with one attached hydrogen (secondary N) is 1. The summed E-state index contributed by atoms with van der Waals surface area (Å²) in [6, 6.07) is 6.19. The Kier molecular flexibility index (Phi) is 3.60. The van der Waals surface area contributed by atoms with Crippen molar-refractivity contribution in [3.63, 3.8) is 0 Å². The highest BCUT2D eigenvalue weighted by Gasteiger charge is 2.21. The number of hydrogen-bond donors (Lipinski definition) is 2. The number of anilines is 1. The zero-order chi connectivity index (χ0) is 12.3. The van der Waals surface area contributed by atoms with E-state index in [0.717, 1.165) is 24.4 Å². The second kappa shape index (κ2) is 5.15. The average molecular weight is 230 g/mol. The molecule has 2 atom stereocenters. The lowest BCUT2D eigenvalue weighted by atomic mass is 9.91. The van der Waals surface area contributed by atoms with Gasteiger partial charge in [-0.3, -0.25) is 0 Å². The van der Waals surface area contributed by atoms with E-state index in [1.807, 2.05) is 6.92 Å². The minimum atomic E-state index is 0.191. The zero-order valence-electron chi connectivity index (χ0n) is 10.1. The van der Waals surface area contributed by atoms with Crippen molar-refractivity contribution in [1.82, 2.24) is 4.98 Å². The first-order chi connectivity index (χ1) is 8.19.